The van der Waals surface area contributed by atoms with Crippen molar-refractivity contribution in [3.8, 4) is 11.5 Å². The number of sulfonamides is 1. The van der Waals surface area contributed by atoms with Gasteiger partial charge in [0.25, 0.3) is 0 Å². The lowest BCUT2D eigenvalue weighted by atomic mass is 10.1. The van der Waals surface area contributed by atoms with Gasteiger partial charge in [-0.25, -0.2) is 13.2 Å². The van der Waals surface area contributed by atoms with Gasteiger partial charge in [-0.15, -0.1) is 0 Å². The van der Waals surface area contributed by atoms with E-state index in [1.807, 2.05) is 13.8 Å². The minimum absolute atomic E-state index is 0.0123. The molecule has 9 nitrogen and oxygen atoms in total. The van der Waals surface area contributed by atoms with Gasteiger partial charge in [-0.1, -0.05) is 26.0 Å². The van der Waals surface area contributed by atoms with Crippen molar-refractivity contribution in [3.63, 3.8) is 0 Å². The molecule has 0 aliphatic carbocycles. The minimum Gasteiger partial charge on any atom is -0.486 e. The van der Waals surface area contributed by atoms with Crippen molar-refractivity contribution >= 4 is 27.6 Å². The Morgan fingerprint density at radius 2 is 1.79 bits per heavy atom. The van der Waals surface area contributed by atoms with Crippen LogP contribution in [0, 0.1) is 5.92 Å². The van der Waals surface area contributed by atoms with Crippen LogP contribution in [0.2, 0.25) is 0 Å². The second kappa shape index (κ2) is 10.7. The number of methoxy groups -OCH3 is 1. The monoisotopic (exact) mass is 476 g/mol. The minimum atomic E-state index is -4.00. The summed E-state index contributed by atoms with van der Waals surface area (Å²) in [5.74, 6) is -0.123. The summed E-state index contributed by atoms with van der Waals surface area (Å²) >= 11 is 0. The molecule has 2 aromatic carbocycles. The Morgan fingerprint density at radius 3 is 2.48 bits per heavy atom. The summed E-state index contributed by atoms with van der Waals surface area (Å²) in [5.41, 5.74) is 0.423. The van der Waals surface area contributed by atoms with Gasteiger partial charge in [-0.2, -0.15) is 4.31 Å². The molecule has 0 unspecified atom stereocenters. The summed E-state index contributed by atoms with van der Waals surface area (Å²) in [6, 6.07) is 10.8. The van der Waals surface area contributed by atoms with Crippen LogP contribution in [0.5, 0.6) is 11.5 Å². The SMILES string of the molecule is COC(=O)c1ccccc1NC(=O)CN(CCC(C)C)S(=O)(=O)c1ccc2c(c1)OCCO2. The average molecular weight is 477 g/mol. The van der Waals surface area contributed by atoms with Gasteiger partial charge < -0.3 is 19.5 Å². The Labute approximate surface area is 193 Å². The molecule has 178 valence electrons. The van der Waals surface area contributed by atoms with E-state index in [0.717, 1.165) is 4.31 Å². The molecule has 2 aromatic rings. The molecule has 0 spiro atoms. The molecule has 0 aromatic heterocycles. The first-order valence-electron chi connectivity index (χ1n) is 10.6. The number of rotatable bonds is 9. The molecule has 3 rings (SSSR count). The summed E-state index contributed by atoms with van der Waals surface area (Å²) in [5, 5.41) is 2.63. The van der Waals surface area contributed by atoms with Crippen LogP contribution in [-0.2, 0) is 19.6 Å². The number of hydrogen-bond donors (Lipinski definition) is 1. The van der Waals surface area contributed by atoms with Crippen LogP contribution in [0.15, 0.2) is 47.4 Å². The number of carbonyl (C=O) groups is 2. The fourth-order valence-corrected chi connectivity index (χ4v) is 4.68. The van der Waals surface area contributed by atoms with Crippen LogP contribution in [0.4, 0.5) is 5.69 Å². The number of benzene rings is 2. The maximum atomic E-state index is 13.4. The van der Waals surface area contributed by atoms with Gasteiger partial charge in [0.2, 0.25) is 15.9 Å². The molecule has 1 N–H and O–H groups in total. The number of para-hydroxylation sites is 1. The van der Waals surface area contributed by atoms with E-state index in [0.29, 0.717) is 31.1 Å². The predicted octanol–water partition coefficient (Wildman–Crippen LogP) is 2.92. The lowest BCUT2D eigenvalue weighted by Gasteiger charge is -2.24. The lowest BCUT2D eigenvalue weighted by Crippen LogP contribution is -2.39. The molecule has 0 bridgehead atoms. The van der Waals surface area contributed by atoms with Crippen LogP contribution in [-0.4, -0.2) is 58.0 Å². The third-order valence-electron chi connectivity index (χ3n) is 5.03. The van der Waals surface area contributed by atoms with E-state index in [9.17, 15) is 18.0 Å². The maximum Gasteiger partial charge on any atom is 0.339 e. The molecule has 0 fully saturated rings. The van der Waals surface area contributed by atoms with Crippen LogP contribution < -0.4 is 14.8 Å². The number of anilines is 1. The van der Waals surface area contributed by atoms with Gasteiger partial charge in [0, 0.05) is 12.6 Å². The lowest BCUT2D eigenvalue weighted by molar-refractivity contribution is -0.116. The fourth-order valence-electron chi connectivity index (χ4n) is 3.25. The number of hydrogen-bond acceptors (Lipinski definition) is 7. The third-order valence-corrected chi connectivity index (χ3v) is 6.87. The van der Waals surface area contributed by atoms with E-state index in [-0.39, 0.29) is 28.6 Å². The number of amides is 1. The van der Waals surface area contributed by atoms with Crippen molar-refractivity contribution in [2.24, 2.45) is 5.92 Å². The van der Waals surface area contributed by atoms with Gasteiger partial charge in [0.1, 0.15) is 13.2 Å². The average Bonchev–Trinajstić information content (AvgIpc) is 2.81. The topological polar surface area (TPSA) is 111 Å². The van der Waals surface area contributed by atoms with E-state index in [1.54, 1.807) is 24.3 Å². The fraction of sp³-hybridized carbons (Fsp3) is 0.391. The molecule has 1 aliphatic heterocycles. The van der Waals surface area contributed by atoms with Crippen molar-refractivity contribution in [1.82, 2.24) is 4.31 Å². The van der Waals surface area contributed by atoms with Crippen LogP contribution in [0.3, 0.4) is 0 Å². The quantitative estimate of drug-likeness (QED) is 0.554. The van der Waals surface area contributed by atoms with E-state index < -0.39 is 28.4 Å². The highest BCUT2D eigenvalue weighted by Gasteiger charge is 2.29. The highest BCUT2D eigenvalue weighted by Crippen LogP contribution is 2.33. The van der Waals surface area contributed by atoms with Crippen molar-refractivity contribution in [3.05, 3.63) is 48.0 Å². The van der Waals surface area contributed by atoms with Crippen molar-refractivity contribution < 1.29 is 32.2 Å². The van der Waals surface area contributed by atoms with E-state index in [2.05, 4.69) is 5.32 Å². The van der Waals surface area contributed by atoms with E-state index >= 15 is 0 Å². The highest BCUT2D eigenvalue weighted by atomic mass is 32.2. The van der Waals surface area contributed by atoms with Crippen molar-refractivity contribution in [1.29, 1.82) is 0 Å². The first kappa shape index (κ1) is 24.5. The molecule has 1 amide bonds. The van der Waals surface area contributed by atoms with Gasteiger partial charge >= 0.3 is 5.97 Å². The number of nitrogens with one attached hydrogen (secondary N) is 1. The molecule has 33 heavy (non-hydrogen) atoms. The molecule has 1 aliphatic rings. The summed E-state index contributed by atoms with van der Waals surface area (Å²) in [6.07, 6.45) is 0.565. The van der Waals surface area contributed by atoms with Gasteiger partial charge in [0.15, 0.2) is 11.5 Å². The molecule has 0 saturated heterocycles. The zero-order valence-electron chi connectivity index (χ0n) is 18.9. The smallest absolute Gasteiger partial charge is 0.339 e. The number of fused-ring (bicyclic) bond motifs is 1. The van der Waals surface area contributed by atoms with Crippen molar-refractivity contribution in [2.45, 2.75) is 25.2 Å². The van der Waals surface area contributed by atoms with Gasteiger partial charge in [0.05, 0.1) is 29.8 Å². The normalized spacial score (nSPS) is 13.1. The zero-order valence-corrected chi connectivity index (χ0v) is 19.7. The summed E-state index contributed by atoms with van der Waals surface area (Å²) in [6.45, 7) is 4.41. The maximum absolute atomic E-state index is 13.4. The Morgan fingerprint density at radius 1 is 1.09 bits per heavy atom. The Hall–Kier alpha value is -3.11. The molecule has 10 heteroatoms. The van der Waals surface area contributed by atoms with Crippen LogP contribution >= 0.6 is 0 Å². The van der Waals surface area contributed by atoms with E-state index in [1.165, 1.54) is 25.3 Å². The van der Waals surface area contributed by atoms with Gasteiger partial charge in [-0.05, 0) is 36.6 Å². The predicted molar refractivity (Wildman–Crippen MR) is 122 cm³/mol. The van der Waals surface area contributed by atoms with Gasteiger partial charge in [-0.3, -0.25) is 4.79 Å². The Kier molecular flexibility index (Phi) is 7.93. The molecular formula is C23H28N2O7S. The Bertz CT molecular complexity index is 1120. The first-order chi connectivity index (χ1) is 15.7. The standard InChI is InChI=1S/C23H28N2O7S/c1-16(2)10-11-25(15-22(26)24-19-7-5-4-6-18(19)23(27)30-3)33(28,29)17-8-9-20-21(14-17)32-13-12-31-20/h4-9,14,16H,10-13,15H2,1-3H3,(H,24,26). The zero-order chi connectivity index (χ0) is 24.0. The summed E-state index contributed by atoms with van der Waals surface area (Å²) < 4.78 is 43.7. The number of esters is 1. The third kappa shape index (κ3) is 6.02. The van der Waals surface area contributed by atoms with Crippen molar-refractivity contribution in [2.75, 3.05) is 38.7 Å². The second-order valence-corrected chi connectivity index (χ2v) is 9.85. The summed E-state index contributed by atoms with van der Waals surface area (Å²) in [4.78, 5) is 24.8. The molecule has 0 atom stereocenters. The molecular weight excluding hydrogens is 448 g/mol. The van der Waals surface area contributed by atoms with Crippen LogP contribution in [0.25, 0.3) is 0 Å². The largest absolute Gasteiger partial charge is 0.486 e. The Balaban J connectivity index is 1.84. The first-order valence-corrected chi connectivity index (χ1v) is 12.0. The number of nitrogens with zero attached hydrogens (tertiary/aromatic N) is 1. The van der Waals surface area contributed by atoms with Crippen LogP contribution in [0.1, 0.15) is 30.6 Å². The van der Waals surface area contributed by atoms with E-state index in [4.69, 9.17) is 14.2 Å². The number of carbonyl (C=O) groups excluding carboxylic acids is 2. The molecule has 0 radical (unpaired) electrons. The highest BCUT2D eigenvalue weighted by molar-refractivity contribution is 7.89. The molecule has 0 saturated carbocycles. The summed E-state index contributed by atoms with van der Waals surface area (Å²) in [7, 11) is -2.76. The molecule has 1 heterocycles. The second-order valence-electron chi connectivity index (χ2n) is 7.91. The number of ether oxygens (including phenoxy) is 3.